The summed E-state index contributed by atoms with van der Waals surface area (Å²) in [6.45, 7) is 0.886. The first-order chi connectivity index (χ1) is 10.9. The van der Waals surface area contributed by atoms with E-state index in [1.54, 1.807) is 11.0 Å². The standard InChI is InChI=1S/C17H21F3N2O/c1-21-15-5-3-12(9-15)16(23)22-7-6-11-2-4-14(17(18,19)20)8-13(11)10-22/h2,4,8,12,15,21H,3,5-7,9-10H2,1H3/t12-,15?/m0/s1. The molecule has 1 saturated carbocycles. The molecule has 1 aromatic carbocycles. The number of nitrogens with zero attached hydrogens (tertiary/aromatic N) is 1. The van der Waals surface area contributed by atoms with Gasteiger partial charge in [0.05, 0.1) is 5.56 Å². The van der Waals surface area contributed by atoms with Gasteiger partial charge in [0.25, 0.3) is 0 Å². The average molecular weight is 326 g/mol. The van der Waals surface area contributed by atoms with Gasteiger partial charge in [-0.05, 0) is 56.0 Å². The second kappa shape index (κ2) is 6.15. The maximum atomic E-state index is 12.9. The van der Waals surface area contributed by atoms with E-state index in [1.165, 1.54) is 6.07 Å². The first-order valence-electron chi connectivity index (χ1n) is 8.03. The summed E-state index contributed by atoms with van der Waals surface area (Å²) in [4.78, 5) is 14.4. The van der Waals surface area contributed by atoms with E-state index in [9.17, 15) is 18.0 Å². The summed E-state index contributed by atoms with van der Waals surface area (Å²) in [5, 5.41) is 3.20. The molecule has 0 bridgehead atoms. The molecule has 1 aliphatic heterocycles. The molecule has 2 atom stereocenters. The van der Waals surface area contributed by atoms with Gasteiger partial charge in [-0.2, -0.15) is 13.2 Å². The molecule has 1 amide bonds. The number of carbonyl (C=O) groups excluding carboxylic acids is 1. The van der Waals surface area contributed by atoms with Gasteiger partial charge in [-0.25, -0.2) is 0 Å². The van der Waals surface area contributed by atoms with Gasteiger partial charge in [0.2, 0.25) is 5.91 Å². The second-order valence-electron chi connectivity index (χ2n) is 6.49. The average Bonchev–Trinajstić information content (AvgIpc) is 3.01. The first kappa shape index (κ1) is 16.3. The zero-order chi connectivity index (χ0) is 16.6. The Morgan fingerprint density at radius 3 is 2.70 bits per heavy atom. The molecule has 23 heavy (non-hydrogen) atoms. The van der Waals surface area contributed by atoms with Gasteiger partial charge in [0, 0.05) is 25.0 Å². The Bertz CT molecular complexity index is 600. The fourth-order valence-electron chi connectivity index (χ4n) is 3.65. The van der Waals surface area contributed by atoms with Crippen LogP contribution < -0.4 is 5.32 Å². The van der Waals surface area contributed by atoms with E-state index in [2.05, 4.69) is 5.32 Å². The van der Waals surface area contributed by atoms with Crippen molar-refractivity contribution in [3.05, 3.63) is 34.9 Å². The van der Waals surface area contributed by atoms with Crippen molar-refractivity contribution in [2.45, 2.75) is 44.4 Å². The quantitative estimate of drug-likeness (QED) is 0.906. The van der Waals surface area contributed by atoms with Crippen molar-refractivity contribution in [2.75, 3.05) is 13.6 Å². The molecule has 126 valence electrons. The Hall–Kier alpha value is -1.56. The van der Waals surface area contributed by atoms with E-state index in [4.69, 9.17) is 0 Å². The number of halogens is 3. The summed E-state index contributed by atoms with van der Waals surface area (Å²) in [7, 11) is 1.90. The van der Waals surface area contributed by atoms with Crippen LogP contribution in [0, 0.1) is 5.92 Å². The predicted octanol–water partition coefficient (Wildman–Crippen LogP) is 2.98. The lowest BCUT2D eigenvalue weighted by atomic mass is 9.95. The van der Waals surface area contributed by atoms with Crippen LogP contribution in [0.2, 0.25) is 0 Å². The molecule has 3 nitrogen and oxygen atoms in total. The van der Waals surface area contributed by atoms with Gasteiger partial charge < -0.3 is 10.2 Å². The predicted molar refractivity (Wildman–Crippen MR) is 80.8 cm³/mol. The lowest BCUT2D eigenvalue weighted by molar-refractivity contribution is -0.137. The van der Waals surface area contributed by atoms with Crippen LogP contribution >= 0.6 is 0 Å². The largest absolute Gasteiger partial charge is 0.416 e. The smallest absolute Gasteiger partial charge is 0.338 e. The van der Waals surface area contributed by atoms with Crippen LogP contribution in [0.25, 0.3) is 0 Å². The highest BCUT2D eigenvalue weighted by molar-refractivity contribution is 5.79. The van der Waals surface area contributed by atoms with Crippen molar-refractivity contribution >= 4 is 5.91 Å². The highest BCUT2D eigenvalue weighted by atomic mass is 19.4. The third-order valence-corrected chi connectivity index (χ3v) is 5.05. The van der Waals surface area contributed by atoms with Crippen LogP contribution in [0.5, 0.6) is 0 Å². The van der Waals surface area contributed by atoms with E-state index in [0.717, 1.165) is 30.9 Å². The molecule has 0 spiro atoms. The van der Waals surface area contributed by atoms with Gasteiger partial charge in [-0.3, -0.25) is 4.79 Å². The Kier molecular flexibility index (Phi) is 4.36. The van der Waals surface area contributed by atoms with E-state index < -0.39 is 11.7 Å². The molecule has 0 aromatic heterocycles. The highest BCUT2D eigenvalue weighted by Gasteiger charge is 2.35. The van der Waals surface area contributed by atoms with Gasteiger partial charge >= 0.3 is 6.18 Å². The lowest BCUT2D eigenvalue weighted by Gasteiger charge is -2.31. The van der Waals surface area contributed by atoms with Crippen LogP contribution in [-0.2, 0) is 23.9 Å². The first-order valence-corrected chi connectivity index (χ1v) is 8.03. The maximum Gasteiger partial charge on any atom is 0.416 e. The zero-order valence-electron chi connectivity index (χ0n) is 13.1. The third-order valence-electron chi connectivity index (χ3n) is 5.05. The molecule has 2 aliphatic rings. The number of benzene rings is 1. The van der Waals surface area contributed by atoms with E-state index in [0.29, 0.717) is 31.1 Å². The van der Waals surface area contributed by atoms with Crippen molar-refractivity contribution in [3.63, 3.8) is 0 Å². The minimum Gasteiger partial charge on any atom is -0.338 e. The van der Waals surface area contributed by atoms with Crippen molar-refractivity contribution in [1.82, 2.24) is 10.2 Å². The summed E-state index contributed by atoms with van der Waals surface area (Å²) in [5.41, 5.74) is 0.908. The molecule has 1 heterocycles. The van der Waals surface area contributed by atoms with E-state index >= 15 is 0 Å². The fraction of sp³-hybridized carbons (Fsp3) is 0.588. The van der Waals surface area contributed by atoms with Crippen LogP contribution in [0.15, 0.2) is 18.2 Å². The summed E-state index contributed by atoms with van der Waals surface area (Å²) < 4.78 is 38.6. The van der Waals surface area contributed by atoms with Gasteiger partial charge in [0.1, 0.15) is 0 Å². The molecule has 1 aromatic rings. The van der Waals surface area contributed by atoms with Crippen molar-refractivity contribution in [3.8, 4) is 0 Å². The lowest BCUT2D eigenvalue weighted by Crippen LogP contribution is -2.39. The van der Waals surface area contributed by atoms with Crippen LogP contribution in [0.4, 0.5) is 13.2 Å². The Morgan fingerprint density at radius 2 is 2.04 bits per heavy atom. The third kappa shape index (κ3) is 3.37. The topological polar surface area (TPSA) is 32.3 Å². The molecule has 0 radical (unpaired) electrons. The monoisotopic (exact) mass is 326 g/mol. The summed E-state index contributed by atoms with van der Waals surface area (Å²) in [6.07, 6.45) is -1.05. The Labute approximate surface area is 133 Å². The molecular formula is C17H21F3N2O. The van der Waals surface area contributed by atoms with Gasteiger partial charge in [-0.15, -0.1) is 0 Å². The SMILES string of the molecule is CNC1CC[C@H](C(=O)N2CCc3ccc(C(F)(F)F)cc3C2)C1. The molecule has 1 aliphatic carbocycles. The normalized spacial score (nSPS) is 24.6. The van der Waals surface area contributed by atoms with Crippen LogP contribution in [-0.4, -0.2) is 30.4 Å². The number of carbonyl (C=O) groups is 1. The van der Waals surface area contributed by atoms with Crippen molar-refractivity contribution in [2.24, 2.45) is 5.92 Å². The second-order valence-corrected chi connectivity index (χ2v) is 6.49. The molecule has 1 fully saturated rings. The zero-order valence-corrected chi connectivity index (χ0v) is 13.1. The molecule has 6 heteroatoms. The van der Waals surface area contributed by atoms with Crippen LogP contribution in [0.1, 0.15) is 36.0 Å². The van der Waals surface area contributed by atoms with E-state index in [-0.39, 0.29) is 11.8 Å². The summed E-state index contributed by atoms with van der Waals surface area (Å²) >= 11 is 0. The van der Waals surface area contributed by atoms with Crippen molar-refractivity contribution < 1.29 is 18.0 Å². The number of amides is 1. The fourth-order valence-corrected chi connectivity index (χ4v) is 3.65. The number of fused-ring (bicyclic) bond motifs is 1. The number of hydrogen-bond donors (Lipinski definition) is 1. The number of hydrogen-bond acceptors (Lipinski definition) is 2. The van der Waals surface area contributed by atoms with Crippen molar-refractivity contribution in [1.29, 1.82) is 0 Å². The molecule has 3 rings (SSSR count). The number of rotatable bonds is 2. The Morgan fingerprint density at radius 1 is 1.26 bits per heavy atom. The Balaban J connectivity index is 1.73. The number of alkyl halides is 3. The molecule has 1 N–H and O–H groups in total. The van der Waals surface area contributed by atoms with E-state index in [1.807, 2.05) is 7.05 Å². The molecular weight excluding hydrogens is 305 g/mol. The summed E-state index contributed by atoms with van der Waals surface area (Å²) in [5.74, 6) is 0.0885. The highest BCUT2D eigenvalue weighted by Crippen LogP contribution is 2.33. The molecule has 0 saturated heterocycles. The maximum absolute atomic E-state index is 12.9. The molecule has 1 unspecified atom stereocenters. The van der Waals surface area contributed by atoms with Gasteiger partial charge in [0.15, 0.2) is 0 Å². The number of nitrogens with one attached hydrogen (secondary N) is 1. The summed E-state index contributed by atoms with van der Waals surface area (Å²) in [6, 6.07) is 4.25. The minimum atomic E-state index is -4.34. The van der Waals surface area contributed by atoms with Gasteiger partial charge in [-0.1, -0.05) is 6.07 Å². The van der Waals surface area contributed by atoms with Crippen LogP contribution in [0.3, 0.4) is 0 Å². The minimum absolute atomic E-state index is 0.000186.